The van der Waals surface area contributed by atoms with E-state index in [1.165, 1.54) is 0 Å². The van der Waals surface area contributed by atoms with Gasteiger partial charge in [0, 0.05) is 18.8 Å². The fourth-order valence-electron chi connectivity index (χ4n) is 2.01. The molecule has 17 heavy (non-hydrogen) atoms. The van der Waals surface area contributed by atoms with E-state index in [0.717, 1.165) is 25.0 Å². The number of hydrogen-bond acceptors (Lipinski definition) is 4. The van der Waals surface area contributed by atoms with Gasteiger partial charge in [0.2, 0.25) is 0 Å². The maximum absolute atomic E-state index is 5.86. The second-order valence-corrected chi connectivity index (χ2v) is 4.05. The average Bonchev–Trinajstić information content (AvgIpc) is 2.35. The number of hydrogen-bond donors (Lipinski definition) is 2. The Labute approximate surface area is 104 Å². The maximum atomic E-state index is 5.86. The lowest BCUT2D eigenvalue weighted by molar-refractivity contribution is 0.0339. The quantitative estimate of drug-likeness (QED) is 0.756. The second-order valence-electron chi connectivity index (χ2n) is 4.05. The number of pyridine rings is 1. The lowest BCUT2D eigenvalue weighted by Gasteiger charge is -2.26. The molecule has 0 aliphatic rings. The average molecular weight is 237 g/mol. The van der Waals surface area contributed by atoms with Gasteiger partial charge in [-0.3, -0.25) is 0 Å². The molecular weight excluding hydrogens is 214 g/mol. The minimum atomic E-state index is 0.213. The number of nitrogens with zero attached hydrogens (tertiary/aromatic N) is 1. The van der Waals surface area contributed by atoms with Gasteiger partial charge in [-0.25, -0.2) is 4.98 Å². The molecule has 1 rings (SSSR count). The molecule has 0 saturated carbocycles. The standard InChI is InChI=1S/C13H23N3O/c1-4-12(17-5-2)11(15-3)9-10-7-6-8-16-13(10)14/h6-8,11-12,15H,4-5,9H2,1-3H3,(H2,14,16). The molecule has 0 saturated heterocycles. The van der Waals surface area contributed by atoms with E-state index >= 15 is 0 Å². The minimum absolute atomic E-state index is 0.213. The third-order valence-corrected chi connectivity index (χ3v) is 2.97. The second kappa shape index (κ2) is 7.25. The van der Waals surface area contributed by atoms with Gasteiger partial charge in [0.25, 0.3) is 0 Å². The highest BCUT2D eigenvalue weighted by atomic mass is 16.5. The van der Waals surface area contributed by atoms with E-state index in [1.807, 2.05) is 26.1 Å². The van der Waals surface area contributed by atoms with Gasteiger partial charge in [0.05, 0.1) is 6.10 Å². The molecule has 4 nitrogen and oxygen atoms in total. The Morgan fingerprint density at radius 2 is 2.24 bits per heavy atom. The van der Waals surface area contributed by atoms with Crippen LogP contribution >= 0.6 is 0 Å². The summed E-state index contributed by atoms with van der Waals surface area (Å²) in [6.45, 7) is 4.89. The Balaban J connectivity index is 2.72. The van der Waals surface area contributed by atoms with Crippen LogP contribution in [0.1, 0.15) is 25.8 Å². The molecule has 0 radical (unpaired) electrons. The smallest absolute Gasteiger partial charge is 0.126 e. The van der Waals surface area contributed by atoms with Gasteiger partial charge in [-0.2, -0.15) is 0 Å². The maximum Gasteiger partial charge on any atom is 0.126 e. The molecule has 0 aliphatic carbocycles. The van der Waals surface area contributed by atoms with Crippen LogP contribution in [0.3, 0.4) is 0 Å². The van der Waals surface area contributed by atoms with Crippen molar-refractivity contribution in [2.24, 2.45) is 0 Å². The summed E-state index contributed by atoms with van der Waals surface area (Å²) in [6, 6.07) is 4.21. The third kappa shape index (κ3) is 3.98. The number of nitrogen functional groups attached to an aromatic ring is 1. The van der Waals surface area contributed by atoms with Crippen LogP contribution in [0.4, 0.5) is 5.82 Å². The monoisotopic (exact) mass is 237 g/mol. The van der Waals surface area contributed by atoms with Gasteiger partial charge in [-0.15, -0.1) is 0 Å². The van der Waals surface area contributed by atoms with Crippen LogP contribution in [-0.2, 0) is 11.2 Å². The summed E-state index contributed by atoms with van der Waals surface area (Å²) in [6.07, 6.45) is 3.76. The van der Waals surface area contributed by atoms with E-state index in [2.05, 4.69) is 17.2 Å². The van der Waals surface area contributed by atoms with E-state index in [-0.39, 0.29) is 12.1 Å². The molecule has 1 aromatic heterocycles. The summed E-state index contributed by atoms with van der Waals surface area (Å²) in [4.78, 5) is 4.11. The summed E-state index contributed by atoms with van der Waals surface area (Å²) in [5, 5.41) is 3.31. The summed E-state index contributed by atoms with van der Waals surface area (Å²) in [5.41, 5.74) is 6.93. The van der Waals surface area contributed by atoms with Crippen molar-refractivity contribution < 1.29 is 4.74 Å². The number of ether oxygens (including phenoxy) is 1. The number of nitrogens with two attached hydrogens (primary N) is 1. The van der Waals surface area contributed by atoms with Gasteiger partial charge >= 0.3 is 0 Å². The van der Waals surface area contributed by atoms with Crippen molar-refractivity contribution in [3.63, 3.8) is 0 Å². The first-order valence-electron chi connectivity index (χ1n) is 6.21. The molecule has 0 aromatic carbocycles. The van der Waals surface area contributed by atoms with Crippen molar-refractivity contribution in [3.05, 3.63) is 23.9 Å². The van der Waals surface area contributed by atoms with Crippen LogP contribution in [0.15, 0.2) is 18.3 Å². The number of nitrogens with one attached hydrogen (secondary N) is 1. The zero-order chi connectivity index (χ0) is 12.7. The van der Waals surface area contributed by atoms with Crippen molar-refractivity contribution in [3.8, 4) is 0 Å². The van der Waals surface area contributed by atoms with Gasteiger partial charge in [0.15, 0.2) is 0 Å². The van der Waals surface area contributed by atoms with Gasteiger partial charge < -0.3 is 15.8 Å². The highest BCUT2D eigenvalue weighted by Gasteiger charge is 2.19. The fourth-order valence-corrected chi connectivity index (χ4v) is 2.01. The van der Waals surface area contributed by atoms with E-state index in [9.17, 15) is 0 Å². The Morgan fingerprint density at radius 1 is 1.47 bits per heavy atom. The zero-order valence-electron chi connectivity index (χ0n) is 10.9. The summed E-state index contributed by atoms with van der Waals surface area (Å²) in [5.74, 6) is 0.610. The first kappa shape index (κ1) is 13.9. The lowest BCUT2D eigenvalue weighted by atomic mass is 10.00. The van der Waals surface area contributed by atoms with Crippen molar-refractivity contribution in [2.75, 3.05) is 19.4 Å². The Kier molecular flexibility index (Phi) is 5.94. The summed E-state index contributed by atoms with van der Waals surface area (Å²) >= 11 is 0. The topological polar surface area (TPSA) is 60.2 Å². The van der Waals surface area contributed by atoms with E-state index in [1.54, 1.807) is 6.20 Å². The molecule has 96 valence electrons. The molecule has 3 N–H and O–H groups in total. The molecule has 4 heteroatoms. The minimum Gasteiger partial charge on any atom is -0.383 e. The van der Waals surface area contributed by atoms with Crippen LogP contribution in [0, 0.1) is 0 Å². The number of likely N-dealkylation sites (N-methyl/N-ethyl adjacent to an activating group) is 1. The first-order chi connectivity index (χ1) is 8.22. The van der Waals surface area contributed by atoms with Crippen molar-refractivity contribution >= 4 is 5.82 Å². The number of anilines is 1. The summed E-state index contributed by atoms with van der Waals surface area (Å²) < 4.78 is 5.73. The first-order valence-corrected chi connectivity index (χ1v) is 6.21. The largest absolute Gasteiger partial charge is 0.383 e. The third-order valence-electron chi connectivity index (χ3n) is 2.97. The van der Waals surface area contributed by atoms with Crippen LogP contribution in [0.2, 0.25) is 0 Å². The van der Waals surface area contributed by atoms with Crippen LogP contribution < -0.4 is 11.1 Å². The molecule has 0 fully saturated rings. The SMILES string of the molecule is CCOC(CC)C(Cc1cccnc1N)NC. The van der Waals surface area contributed by atoms with Crippen molar-refractivity contribution in [2.45, 2.75) is 38.8 Å². The Morgan fingerprint density at radius 3 is 2.76 bits per heavy atom. The van der Waals surface area contributed by atoms with Gasteiger partial charge in [-0.1, -0.05) is 13.0 Å². The van der Waals surface area contributed by atoms with Crippen LogP contribution in [0.5, 0.6) is 0 Å². The van der Waals surface area contributed by atoms with E-state index in [0.29, 0.717) is 5.82 Å². The highest BCUT2D eigenvalue weighted by Crippen LogP contribution is 2.14. The van der Waals surface area contributed by atoms with Crippen LogP contribution in [0.25, 0.3) is 0 Å². The van der Waals surface area contributed by atoms with Crippen molar-refractivity contribution in [1.29, 1.82) is 0 Å². The number of rotatable bonds is 7. The van der Waals surface area contributed by atoms with E-state index < -0.39 is 0 Å². The molecule has 0 bridgehead atoms. The summed E-state index contributed by atoms with van der Waals surface area (Å²) in [7, 11) is 1.96. The van der Waals surface area contributed by atoms with E-state index in [4.69, 9.17) is 10.5 Å². The molecular formula is C13H23N3O. The molecule has 2 unspecified atom stereocenters. The molecule has 0 spiro atoms. The molecule has 2 atom stereocenters. The lowest BCUT2D eigenvalue weighted by Crippen LogP contribution is -2.41. The normalized spacial score (nSPS) is 14.5. The molecule has 0 amide bonds. The highest BCUT2D eigenvalue weighted by molar-refractivity contribution is 5.39. The van der Waals surface area contributed by atoms with Crippen molar-refractivity contribution in [1.82, 2.24) is 10.3 Å². The Hall–Kier alpha value is -1.13. The fraction of sp³-hybridized carbons (Fsp3) is 0.615. The zero-order valence-corrected chi connectivity index (χ0v) is 10.9. The predicted molar refractivity (Wildman–Crippen MR) is 70.9 cm³/mol. The van der Waals surface area contributed by atoms with Gasteiger partial charge in [-0.05, 0) is 38.4 Å². The molecule has 0 aliphatic heterocycles. The van der Waals surface area contributed by atoms with Gasteiger partial charge in [0.1, 0.15) is 5.82 Å². The van der Waals surface area contributed by atoms with Crippen LogP contribution in [-0.4, -0.2) is 30.8 Å². The molecule has 1 heterocycles. The number of aromatic nitrogens is 1. The Bertz CT molecular complexity index is 330. The predicted octanol–water partition coefficient (Wildman–Crippen LogP) is 1.61. The molecule has 1 aromatic rings.